The Morgan fingerprint density at radius 1 is 1.20 bits per heavy atom. The molecule has 1 heterocycles. The lowest BCUT2D eigenvalue weighted by Gasteiger charge is -2.09. The van der Waals surface area contributed by atoms with Crippen molar-refractivity contribution >= 4 is 29.2 Å². The number of carboxylic acid groups (broad SMARTS) is 1. The average molecular weight is 314 g/mol. The largest absolute Gasteiger partial charge is 0.503 e. The summed E-state index contributed by atoms with van der Waals surface area (Å²) in [5.41, 5.74) is -0.660. The van der Waals surface area contributed by atoms with Crippen molar-refractivity contribution in [3.8, 4) is 5.75 Å². The van der Waals surface area contributed by atoms with Gasteiger partial charge in [0.15, 0.2) is 5.75 Å². The molecule has 1 aromatic carbocycles. The van der Waals surface area contributed by atoms with Crippen molar-refractivity contribution in [3.63, 3.8) is 0 Å². The molecule has 0 saturated heterocycles. The van der Waals surface area contributed by atoms with E-state index in [2.05, 4.69) is 0 Å². The fourth-order valence-electron chi connectivity index (χ4n) is 1.71. The number of benzene rings is 1. The summed E-state index contributed by atoms with van der Waals surface area (Å²) >= 11 is 11.7. The molecule has 1 aromatic heterocycles. The number of nitrogens with zero attached hydrogens (tertiary/aromatic N) is 1. The number of aromatic carboxylic acids is 1. The Morgan fingerprint density at radius 2 is 1.90 bits per heavy atom. The highest BCUT2D eigenvalue weighted by atomic mass is 35.5. The minimum absolute atomic E-state index is 0.241. The Labute approximate surface area is 123 Å². The van der Waals surface area contributed by atoms with Crippen LogP contribution < -0.4 is 5.43 Å². The smallest absolute Gasteiger partial charge is 0.341 e. The maximum absolute atomic E-state index is 11.4. The molecule has 2 rings (SSSR count). The fraction of sp³-hybridized carbons (Fsp3) is 0.0769. The predicted molar refractivity (Wildman–Crippen MR) is 74.9 cm³/mol. The van der Waals surface area contributed by atoms with Gasteiger partial charge in [0.1, 0.15) is 5.56 Å². The zero-order valence-electron chi connectivity index (χ0n) is 10.0. The van der Waals surface area contributed by atoms with Gasteiger partial charge in [0.2, 0.25) is 5.43 Å². The van der Waals surface area contributed by atoms with E-state index in [1.807, 2.05) is 0 Å². The molecule has 2 N–H and O–H groups in total. The second kappa shape index (κ2) is 5.56. The van der Waals surface area contributed by atoms with Crippen molar-refractivity contribution in [3.05, 3.63) is 62.0 Å². The summed E-state index contributed by atoms with van der Waals surface area (Å²) < 4.78 is 1.39. The lowest BCUT2D eigenvalue weighted by atomic mass is 10.2. The molecule has 0 saturated carbocycles. The number of halogens is 2. The molecule has 0 amide bonds. The topological polar surface area (TPSA) is 79.5 Å². The van der Waals surface area contributed by atoms with Crippen LogP contribution in [0.2, 0.25) is 10.0 Å². The van der Waals surface area contributed by atoms with Gasteiger partial charge in [-0.1, -0.05) is 29.3 Å². The van der Waals surface area contributed by atoms with Gasteiger partial charge in [0, 0.05) is 12.7 Å². The second-order valence-electron chi connectivity index (χ2n) is 4.11. The molecular formula is C13H9Cl2NO4. The van der Waals surface area contributed by atoms with Crippen LogP contribution in [0.4, 0.5) is 0 Å². The van der Waals surface area contributed by atoms with Gasteiger partial charge in [-0.15, -0.1) is 0 Å². The summed E-state index contributed by atoms with van der Waals surface area (Å²) in [6.07, 6.45) is 2.32. The van der Waals surface area contributed by atoms with Gasteiger partial charge < -0.3 is 14.8 Å². The Morgan fingerprint density at radius 3 is 2.50 bits per heavy atom. The number of carbonyl (C=O) groups is 1. The van der Waals surface area contributed by atoms with Crippen LogP contribution in [0, 0.1) is 0 Å². The molecule has 0 spiro atoms. The Hall–Kier alpha value is -1.98. The van der Waals surface area contributed by atoms with E-state index in [-0.39, 0.29) is 6.54 Å². The van der Waals surface area contributed by atoms with E-state index in [1.54, 1.807) is 18.2 Å². The molecule has 104 valence electrons. The van der Waals surface area contributed by atoms with Crippen LogP contribution in [0.25, 0.3) is 0 Å². The third-order valence-corrected chi connectivity index (χ3v) is 3.38. The van der Waals surface area contributed by atoms with E-state index in [9.17, 15) is 14.7 Å². The Bertz CT molecular complexity index is 740. The van der Waals surface area contributed by atoms with E-state index in [4.69, 9.17) is 28.3 Å². The first kappa shape index (κ1) is 14.4. The highest BCUT2D eigenvalue weighted by Gasteiger charge is 2.13. The Kier molecular flexibility index (Phi) is 4.01. The minimum Gasteiger partial charge on any atom is -0.503 e. The lowest BCUT2D eigenvalue weighted by Crippen LogP contribution is -2.17. The first-order valence-electron chi connectivity index (χ1n) is 5.48. The zero-order chi connectivity index (χ0) is 14.9. The Balaban J connectivity index is 2.41. The van der Waals surface area contributed by atoms with E-state index in [0.717, 1.165) is 18.0 Å². The second-order valence-corrected chi connectivity index (χ2v) is 4.93. The molecule has 0 bridgehead atoms. The van der Waals surface area contributed by atoms with Gasteiger partial charge in [-0.25, -0.2) is 4.79 Å². The fourth-order valence-corrected chi connectivity index (χ4v) is 2.03. The molecule has 0 unspecified atom stereocenters. The van der Waals surface area contributed by atoms with Crippen LogP contribution in [0.15, 0.2) is 35.4 Å². The van der Waals surface area contributed by atoms with Crippen LogP contribution in [-0.2, 0) is 6.54 Å². The van der Waals surface area contributed by atoms with Crippen LogP contribution in [-0.4, -0.2) is 20.7 Å². The number of hydrogen-bond donors (Lipinski definition) is 2. The summed E-state index contributed by atoms with van der Waals surface area (Å²) in [6.45, 7) is 0.241. The summed E-state index contributed by atoms with van der Waals surface area (Å²) in [5, 5.41) is 19.1. The van der Waals surface area contributed by atoms with Gasteiger partial charge in [0.05, 0.1) is 16.2 Å². The highest BCUT2D eigenvalue weighted by molar-refractivity contribution is 6.42. The molecule has 5 nitrogen and oxygen atoms in total. The summed E-state index contributed by atoms with van der Waals surface area (Å²) in [4.78, 5) is 22.3. The van der Waals surface area contributed by atoms with E-state index >= 15 is 0 Å². The maximum Gasteiger partial charge on any atom is 0.341 e. The van der Waals surface area contributed by atoms with Gasteiger partial charge in [-0.05, 0) is 17.7 Å². The van der Waals surface area contributed by atoms with E-state index in [1.165, 1.54) is 4.57 Å². The number of hydrogen-bond acceptors (Lipinski definition) is 3. The maximum atomic E-state index is 11.4. The molecule has 2 aromatic rings. The van der Waals surface area contributed by atoms with Gasteiger partial charge in [-0.2, -0.15) is 0 Å². The molecular weight excluding hydrogens is 305 g/mol. The quantitative estimate of drug-likeness (QED) is 0.912. The average Bonchev–Trinajstić information content (AvgIpc) is 2.37. The normalized spacial score (nSPS) is 10.5. The number of rotatable bonds is 3. The van der Waals surface area contributed by atoms with Crippen molar-refractivity contribution in [1.29, 1.82) is 0 Å². The number of aromatic nitrogens is 1. The molecule has 0 aliphatic carbocycles. The van der Waals surface area contributed by atoms with Crippen molar-refractivity contribution in [1.82, 2.24) is 4.57 Å². The molecule has 0 aliphatic rings. The van der Waals surface area contributed by atoms with Crippen molar-refractivity contribution in [2.24, 2.45) is 0 Å². The first-order valence-corrected chi connectivity index (χ1v) is 6.24. The SMILES string of the molecule is O=C(O)c1cn(Cc2ccc(Cl)c(Cl)c2)cc(O)c1=O. The highest BCUT2D eigenvalue weighted by Crippen LogP contribution is 2.23. The number of aromatic hydroxyl groups is 1. The summed E-state index contributed by atoms with van der Waals surface area (Å²) in [7, 11) is 0. The molecule has 20 heavy (non-hydrogen) atoms. The molecule has 0 radical (unpaired) electrons. The van der Waals surface area contributed by atoms with E-state index < -0.39 is 22.7 Å². The zero-order valence-corrected chi connectivity index (χ0v) is 11.5. The van der Waals surface area contributed by atoms with Crippen LogP contribution >= 0.6 is 23.2 Å². The molecule has 0 fully saturated rings. The third kappa shape index (κ3) is 2.95. The lowest BCUT2D eigenvalue weighted by molar-refractivity contribution is 0.0694. The molecule has 0 aliphatic heterocycles. The first-order chi connectivity index (χ1) is 9.38. The minimum atomic E-state index is -1.39. The molecule has 7 heteroatoms. The van der Waals surface area contributed by atoms with Crippen molar-refractivity contribution in [2.45, 2.75) is 6.54 Å². The number of pyridine rings is 1. The molecule has 0 atom stereocenters. The summed E-state index contributed by atoms with van der Waals surface area (Å²) in [6, 6.07) is 4.95. The standard InChI is InChI=1S/C13H9Cl2NO4/c14-9-2-1-7(3-10(9)15)4-16-5-8(13(19)20)12(18)11(17)6-16/h1-3,5-6,17H,4H2,(H,19,20). The number of carboxylic acids is 1. The van der Waals surface area contributed by atoms with Gasteiger partial charge in [-0.3, -0.25) is 4.79 Å². The van der Waals surface area contributed by atoms with Crippen molar-refractivity contribution < 1.29 is 15.0 Å². The van der Waals surface area contributed by atoms with Gasteiger partial charge in [0.25, 0.3) is 0 Å². The monoisotopic (exact) mass is 313 g/mol. The van der Waals surface area contributed by atoms with Crippen LogP contribution in [0.3, 0.4) is 0 Å². The van der Waals surface area contributed by atoms with Crippen molar-refractivity contribution in [2.75, 3.05) is 0 Å². The predicted octanol–water partition coefficient (Wildman–Crippen LogP) is 2.61. The van der Waals surface area contributed by atoms with E-state index in [0.29, 0.717) is 10.0 Å². The van der Waals surface area contributed by atoms with Gasteiger partial charge >= 0.3 is 5.97 Å². The summed E-state index contributed by atoms with van der Waals surface area (Å²) in [5.74, 6) is -2.02. The van der Waals surface area contributed by atoms with Crippen LogP contribution in [0.1, 0.15) is 15.9 Å². The van der Waals surface area contributed by atoms with Crippen LogP contribution in [0.5, 0.6) is 5.75 Å². The third-order valence-electron chi connectivity index (χ3n) is 2.64.